The van der Waals surface area contributed by atoms with Crippen LogP contribution in [0.5, 0.6) is 0 Å². The number of nitrogens with zero attached hydrogens (tertiary/aromatic N) is 3. The molecule has 0 aromatic carbocycles. The molecule has 6 heteroatoms. The fraction of sp³-hybridized carbons (Fsp3) is 0.200. The minimum atomic E-state index is -0.188. The van der Waals surface area contributed by atoms with Gasteiger partial charge in [0.2, 0.25) is 0 Å². The standard InChI is InChI=1S/C10H11N5O/c1-7-3-12-8(4-11-7)5-13-9-2-10(16)15-6-14-9/h2-4,6H,5H2,1H3,(H2,13,14,15,16). The zero-order valence-electron chi connectivity index (χ0n) is 8.77. The molecule has 0 aliphatic rings. The largest absolute Gasteiger partial charge is 0.364 e. The van der Waals surface area contributed by atoms with Crippen LogP contribution in [0.4, 0.5) is 5.82 Å². The summed E-state index contributed by atoms with van der Waals surface area (Å²) in [4.78, 5) is 25.7. The van der Waals surface area contributed by atoms with E-state index in [0.29, 0.717) is 12.4 Å². The quantitative estimate of drug-likeness (QED) is 0.781. The Morgan fingerprint density at radius 3 is 2.88 bits per heavy atom. The zero-order chi connectivity index (χ0) is 11.4. The Morgan fingerprint density at radius 2 is 2.19 bits per heavy atom. The molecule has 0 aliphatic heterocycles. The van der Waals surface area contributed by atoms with E-state index in [4.69, 9.17) is 0 Å². The topological polar surface area (TPSA) is 83.6 Å². The van der Waals surface area contributed by atoms with E-state index >= 15 is 0 Å². The lowest BCUT2D eigenvalue weighted by Crippen LogP contribution is -2.09. The van der Waals surface area contributed by atoms with Gasteiger partial charge >= 0.3 is 0 Å². The van der Waals surface area contributed by atoms with Gasteiger partial charge in [-0.3, -0.25) is 14.8 Å². The van der Waals surface area contributed by atoms with Crippen molar-refractivity contribution in [2.75, 3.05) is 5.32 Å². The number of hydrogen-bond acceptors (Lipinski definition) is 5. The molecule has 0 atom stereocenters. The van der Waals surface area contributed by atoms with E-state index in [0.717, 1.165) is 11.4 Å². The maximum atomic E-state index is 11.0. The molecule has 0 saturated heterocycles. The van der Waals surface area contributed by atoms with Crippen LogP contribution in [0.1, 0.15) is 11.4 Å². The van der Waals surface area contributed by atoms with Crippen LogP contribution in [0.2, 0.25) is 0 Å². The molecule has 2 heterocycles. The molecule has 0 radical (unpaired) electrons. The van der Waals surface area contributed by atoms with Crippen LogP contribution in [0.15, 0.2) is 29.6 Å². The summed E-state index contributed by atoms with van der Waals surface area (Å²) in [6, 6.07) is 1.39. The van der Waals surface area contributed by atoms with E-state index in [1.807, 2.05) is 6.92 Å². The SMILES string of the molecule is Cc1cnc(CNc2cc(=O)[nH]cn2)cn1. The molecule has 0 amide bonds. The predicted octanol–water partition coefficient (Wildman–Crippen LogP) is 0.480. The molecule has 0 unspecified atom stereocenters. The van der Waals surface area contributed by atoms with Crippen LogP contribution in [0.25, 0.3) is 0 Å². The molecule has 0 fully saturated rings. The number of aryl methyl sites for hydroxylation is 1. The summed E-state index contributed by atoms with van der Waals surface area (Å²) < 4.78 is 0. The summed E-state index contributed by atoms with van der Waals surface area (Å²) in [6.45, 7) is 2.37. The monoisotopic (exact) mass is 217 g/mol. The summed E-state index contributed by atoms with van der Waals surface area (Å²) in [6.07, 6.45) is 4.74. The first-order chi connectivity index (χ1) is 7.74. The van der Waals surface area contributed by atoms with Crippen LogP contribution in [-0.4, -0.2) is 19.9 Å². The van der Waals surface area contributed by atoms with E-state index in [9.17, 15) is 4.79 Å². The highest BCUT2D eigenvalue weighted by Gasteiger charge is 1.97. The molecule has 2 aromatic heterocycles. The normalized spacial score (nSPS) is 10.1. The van der Waals surface area contributed by atoms with Gasteiger partial charge in [-0.2, -0.15) is 0 Å². The zero-order valence-corrected chi connectivity index (χ0v) is 8.77. The summed E-state index contributed by atoms with van der Waals surface area (Å²) >= 11 is 0. The van der Waals surface area contributed by atoms with Crippen molar-refractivity contribution in [1.29, 1.82) is 0 Å². The Kier molecular flexibility index (Phi) is 2.90. The molecule has 0 aliphatic carbocycles. The van der Waals surface area contributed by atoms with Gasteiger partial charge in [0.15, 0.2) is 0 Å². The smallest absolute Gasteiger partial charge is 0.252 e. The third-order valence-electron chi connectivity index (χ3n) is 1.96. The Morgan fingerprint density at radius 1 is 1.31 bits per heavy atom. The highest BCUT2D eigenvalue weighted by atomic mass is 16.1. The molecule has 82 valence electrons. The second kappa shape index (κ2) is 4.52. The van der Waals surface area contributed by atoms with Crippen molar-refractivity contribution >= 4 is 5.82 Å². The van der Waals surface area contributed by atoms with Crippen LogP contribution in [-0.2, 0) is 6.54 Å². The minimum Gasteiger partial charge on any atom is -0.364 e. The third-order valence-corrected chi connectivity index (χ3v) is 1.96. The van der Waals surface area contributed by atoms with E-state index in [-0.39, 0.29) is 5.56 Å². The summed E-state index contributed by atoms with van der Waals surface area (Å²) in [7, 11) is 0. The van der Waals surface area contributed by atoms with Gasteiger partial charge in [-0.15, -0.1) is 0 Å². The Bertz CT molecular complexity index is 519. The number of anilines is 1. The molecule has 0 bridgehead atoms. The fourth-order valence-corrected chi connectivity index (χ4v) is 1.16. The molecule has 2 N–H and O–H groups in total. The number of H-pyrrole nitrogens is 1. The van der Waals surface area contributed by atoms with Crippen molar-refractivity contribution in [1.82, 2.24) is 19.9 Å². The summed E-state index contributed by atoms with van der Waals surface area (Å²) in [5.74, 6) is 0.520. The first kappa shape index (κ1) is 10.3. The molecule has 16 heavy (non-hydrogen) atoms. The Hall–Kier alpha value is -2.24. The van der Waals surface area contributed by atoms with E-state index < -0.39 is 0 Å². The third kappa shape index (κ3) is 2.63. The number of rotatable bonds is 3. The van der Waals surface area contributed by atoms with Crippen molar-refractivity contribution in [2.45, 2.75) is 13.5 Å². The van der Waals surface area contributed by atoms with Crippen LogP contribution in [0, 0.1) is 6.92 Å². The number of nitrogens with one attached hydrogen (secondary N) is 2. The predicted molar refractivity (Wildman–Crippen MR) is 59.0 cm³/mol. The van der Waals surface area contributed by atoms with Crippen LogP contribution in [0.3, 0.4) is 0 Å². The second-order valence-electron chi connectivity index (χ2n) is 3.30. The van der Waals surface area contributed by atoms with Gasteiger partial charge in [-0.25, -0.2) is 4.98 Å². The van der Waals surface area contributed by atoms with Crippen LogP contribution >= 0.6 is 0 Å². The van der Waals surface area contributed by atoms with Crippen molar-refractivity contribution in [3.63, 3.8) is 0 Å². The first-order valence-electron chi connectivity index (χ1n) is 4.80. The highest BCUT2D eigenvalue weighted by Crippen LogP contribution is 2.00. The average molecular weight is 217 g/mol. The van der Waals surface area contributed by atoms with E-state index in [2.05, 4.69) is 25.3 Å². The molecular formula is C10H11N5O. The maximum Gasteiger partial charge on any atom is 0.252 e. The minimum absolute atomic E-state index is 0.188. The molecule has 0 saturated carbocycles. The van der Waals surface area contributed by atoms with Crippen molar-refractivity contribution in [3.05, 3.63) is 46.5 Å². The summed E-state index contributed by atoms with van der Waals surface area (Å²) in [5, 5.41) is 2.99. The lowest BCUT2D eigenvalue weighted by Gasteiger charge is -2.03. The van der Waals surface area contributed by atoms with Gasteiger partial charge in [0.1, 0.15) is 5.82 Å². The fourth-order valence-electron chi connectivity index (χ4n) is 1.16. The van der Waals surface area contributed by atoms with Gasteiger partial charge in [0.05, 0.1) is 30.5 Å². The van der Waals surface area contributed by atoms with Gasteiger partial charge in [-0.1, -0.05) is 0 Å². The molecule has 2 aromatic rings. The second-order valence-corrected chi connectivity index (χ2v) is 3.30. The highest BCUT2D eigenvalue weighted by molar-refractivity contribution is 5.32. The van der Waals surface area contributed by atoms with Gasteiger partial charge in [0.25, 0.3) is 5.56 Å². The first-order valence-corrected chi connectivity index (χ1v) is 4.80. The van der Waals surface area contributed by atoms with E-state index in [1.54, 1.807) is 12.4 Å². The Labute approximate surface area is 91.8 Å². The number of aromatic amines is 1. The van der Waals surface area contributed by atoms with Gasteiger partial charge < -0.3 is 10.3 Å². The van der Waals surface area contributed by atoms with Crippen molar-refractivity contribution < 1.29 is 0 Å². The van der Waals surface area contributed by atoms with Crippen molar-refractivity contribution in [3.8, 4) is 0 Å². The van der Waals surface area contributed by atoms with Crippen LogP contribution < -0.4 is 10.9 Å². The van der Waals surface area contributed by atoms with Gasteiger partial charge in [0, 0.05) is 12.3 Å². The number of hydrogen-bond donors (Lipinski definition) is 2. The molecule has 6 nitrogen and oxygen atoms in total. The average Bonchev–Trinajstić information content (AvgIpc) is 2.28. The lowest BCUT2D eigenvalue weighted by atomic mass is 10.4. The van der Waals surface area contributed by atoms with E-state index in [1.165, 1.54) is 12.4 Å². The Balaban J connectivity index is 2.02. The molecule has 2 rings (SSSR count). The van der Waals surface area contributed by atoms with Crippen molar-refractivity contribution in [2.24, 2.45) is 0 Å². The summed E-state index contributed by atoms with van der Waals surface area (Å²) in [5.41, 5.74) is 1.48. The molecular weight excluding hydrogens is 206 g/mol. The van der Waals surface area contributed by atoms with Gasteiger partial charge in [-0.05, 0) is 6.92 Å². The molecule has 0 spiro atoms. The lowest BCUT2D eigenvalue weighted by molar-refractivity contribution is 0.970. The number of aromatic nitrogens is 4. The maximum absolute atomic E-state index is 11.0.